The summed E-state index contributed by atoms with van der Waals surface area (Å²) in [4.78, 5) is 24.1. The lowest BCUT2D eigenvalue weighted by atomic mass is 10.0. The van der Waals surface area contributed by atoms with Crippen molar-refractivity contribution in [2.75, 3.05) is 0 Å². The van der Waals surface area contributed by atoms with Crippen molar-refractivity contribution < 1.29 is 19.1 Å². The van der Waals surface area contributed by atoms with E-state index in [0.29, 0.717) is 12.8 Å². The highest BCUT2D eigenvalue weighted by atomic mass is 16.7. The SMILES string of the molecule is Cc1ccc(C)c(CCC(=O)OC(C)OC(=O)CCc2cc(C)ccc2C)c1. The Morgan fingerprint density at radius 3 is 1.54 bits per heavy atom. The van der Waals surface area contributed by atoms with Crippen LogP contribution in [-0.2, 0) is 31.9 Å². The number of hydrogen-bond acceptors (Lipinski definition) is 4. The van der Waals surface area contributed by atoms with E-state index < -0.39 is 6.29 Å². The zero-order chi connectivity index (χ0) is 20.7. The first-order chi connectivity index (χ1) is 13.2. The molecule has 0 atom stereocenters. The van der Waals surface area contributed by atoms with Crippen LogP contribution in [0.3, 0.4) is 0 Å². The fourth-order valence-corrected chi connectivity index (χ4v) is 3.12. The molecule has 2 aromatic rings. The number of esters is 2. The van der Waals surface area contributed by atoms with E-state index in [0.717, 1.165) is 22.3 Å². The summed E-state index contributed by atoms with van der Waals surface area (Å²) in [6, 6.07) is 12.4. The molecule has 0 aromatic heterocycles. The van der Waals surface area contributed by atoms with E-state index in [-0.39, 0.29) is 24.8 Å². The average Bonchev–Trinajstić information content (AvgIpc) is 2.63. The minimum Gasteiger partial charge on any atom is -0.425 e. The highest BCUT2D eigenvalue weighted by Crippen LogP contribution is 2.15. The van der Waals surface area contributed by atoms with E-state index in [9.17, 15) is 9.59 Å². The molecule has 0 fully saturated rings. The van der Waals surface area contributed by atoms with Gasteiger partial charge in [-0.1, -0.05) is 47.5 Å². The van der Waals surface area contributed by atoms with Crippen LogP contribution in [0.25, 0.3) is 0 Å². The summed E-state index contributed by atoms with van der Waals surface area (Å²) in [6.45, 7) is 9.69. The van der Waals surface area contributed by atoms with Crippen molar-refractivity contribution >= 4 is 11.9 Å². The first-order valence-electron chi connectivity index (χ1n) is 9.76. The zero-order valence-electron chi connectivity index (χ0n) is 17.5. The van der Waals surface area contributed by atoms with E-state index in [4.69, 9.17) is 9.47 Å². The second kappa shape index (κ2) is 10.1. The van der Waals surface area contributed by atoms with Gasteiger partial charge >= 0.3 is 11.9 Å². The third-order valence-corrected chi connectivity index (χ3v) is 4.80. The van der Waals surface area contributed by atoms with Gasteiger partial charge in [-0.3, -0.25) is 9.59 Å². The highest BCUT2D eigenvalue weighted by Gasteiger charge is 2.15. The van der Waals surface area contributed by atoms with Crippen LogP contribution in [0, 0.1) is 27.7 Å². The number of rotatable bonds is 8. The van der Waals surface area contributed by atoms with Crippen LogP contribution in [0.1, 0.15) is 53.1 Å². The molecular weight excluding hydrogens is 352 g/mol. The van der Waals surface area contributed by atoms with Crippen molar-refractivity contribution in [3.8, 4) is 0 Å². The Hall–Kier alpha value is -2.62. The third-order valence-electron chi connectivity index (χ3n) is 4.80. The van der Waals surface area contributed by atoms with Gasteiger partial charge < -0.3 is 9.47 Å². The Balaban J connectivity index is 1.75. The van der Waals surface area contributed by atoms with Gasteiger partial charge in [0.15, 0.2) is 0 Å². The Morgan fingerprint density at radius 2 is 1.14 bits per heavy atom. The molecule has 0 aliphatic rings. The van der Waals surface area contributed by atoms with E-state index >= 15 is 0 Å². The lowest BCUT2D eigenvalue weighted by Gasteiger charge is -2.15. The van der Waals surface area contributed by atoms with Crippen molar-refractivity contribution in [3.05, 3.63) is 69.8 Å². The first kappa shape index (κ1) is 21.7. The number of aryl methyl sites for hydroxylation is 6. The van der Waals surface area contributed by atoms with Gasteiger partial charge in [0, 0.05) is 19.8 Å². The molecule has 0 N–H and O–H groups in total. The molecule has 4 nitrogen and oxygen atoms in total. The van der Waals surface area contributed by atoms with Crippen LogP contribution in [0.15, 0.2) is 36.4 Å². The predicted octanol–water partition coefficient (Wildman–Crippen LogP) is 4.92. The van der Waals surface area contributed by atoms with E-state index in [1.807, 2.05) is 27.7 Å². The summed E-state index contributed by atoms with van der Waals surface area (Å²) in [5, 5.41) is 0. The number of carbonyl (C=O) groups excluding carboxylic acids is 2. The molecule has 0 amide bonds. The average molecular weight is 383 g/mol. The fraction of sp³-hybridized carbons (Fsp3) is 0.417. The maximum atomic E-state index is 12.1. The van der Waals surface area contributed by atoms with Gasteiger partial charge in [0.25, 0.3) is 0 Å². The minimum atomic E-state index is -0.878. The van der Waals surface area contributed by atoms with Crippen molar-refractivity contribution in [3.63, 3.8) is 0 Å². The summed E-state index contributed by atoms with van der Waals surface area (Å²) < 4.78 is 10.5. The molecule has 2 rings (SSSR count). The maximum Gasteiger partial charge on any atom is 0.309 e. The largest absolute Gasteiger partial charge is 0.425 e. The first-order valence-corrected chi connectivity index (χ1v) is 9.76. The molecule has 0 saturated carbocycles. The summed E-state index contributed by atoms with van der Waals surface area (Å²) in [5.41, 5.74) is 6.92. The van der Waals surface area contributed by atoms with E-state index in [2.05, 4.69) is 36.4 Å². The number of hydrogen-bond donors (Lipinski definition) is 0. The minimum absolute atomic E-state index is 0.259. The monoisotopic (exact) mass is 382 g/mol. The molecule has 0 bridgehead atoms. The van der Waals surface area contributed by atoms with Gasteiger partial charge in [-0.25, -0.2) is 0 Å². The fourth-order valence-electron chi connectivity index (χ4n) is 3.12. The normalized spacial score (nSPS) is 10.8. The lowest BCUT2D eigenvalue weighted by Crippen LogP contribution is -2.22. The number of ether oxygens (including phenoxy) is 2. The molecule has 0 unspecified atom stereocenters. The van der Waals surface area contributed by atoms with Crippen LogP contribution in [0.2, 0.25) is 0 Å². The Bertz CT molecular complexity index is 769. The topological polar surface area (TPSA) is 52.6 Å². The lowest BCUT2D eigenvalue weighted by molar-refractivity contribution is -0.184. The standard InChI is InChI=1S/C24H30O4/c1-16-6-8-18(3)21(14-16)10-12-23(25)27-20(5)28-24(26)13-11-22-15-17(2)7-9-19(22)4/h6-9,14-15,20H,10-13H2,1-5H3. The van der Waals surface area contributed by atoms with Gasteiger partial charge in [-0.15, -0.1) is 0 Å². The van der Waals surface area contributed by atoms with Crippen LogP contribution >= 0.6 is 0 Å². The molecule has 0 spiro atoms. The molecule has 2 aromatic carbocycles. The molecule has 0 heterocycles. The van der Waals surface area contributed by atoms with Gasteiger partial charge in [0.2, 0.25) is 6.29 Å². The second-order valence-electron chi connectivity index (χ2n) is 7.41. The van der Waals surface area contributed by atoms with Crippen molar-refractivity contribution in [1.29, 1.82) is 0 Å². The maximum absolute atomic E-state index is 12.1. The van der Waals surface area contributed by atoms with Crippen LogP contribution in [0.4, 0.5) is 0 Å². The molecule has 0 radical (unpaired) electrons. The Kier molecular flexibility index (Phi) is 7.80. The zero-order valence-corrected chi connectivity index (χ0v) is 17.5. The van der Waals surface area contributed by atoms with Crippen LogP contribution < -0.4 is 0 Å². The quantitative estimate of drug-likeness (QED) is 0.480. The summed E-state index contributed by atoms with van der Waals surface area (Å²) in [6.07, 6.45) is 0.861. The van der Waals surface area contributed by atoms with Crippen LogP contribution in [0.5, 0.6) is 0 Å². The second-order valence-corrected chi connectivity index (χ2v) is 7.41. The molecule has 4 heteroatoms. The molecule has 0 aliphatic carbocycles. The summed E-state index contributed by atoms with van der Waals surface area (Å²) in [5.74, 6) is -0.730. The van der Waals surface area contributed by atoms with Gasteiger partial charge in [-0.2, -0.15) is 0 Å². The van der Waals surface area contributed by atoms with E-state index in [1.165, 1.54) is 11.1 Å². The molecule has 0 saturated heterocycles. The highest BCUT2D eigenvalue weighted by molar-refractivity contribution is 5.72. The molecule has 28 heavy (non-hydrogen) atoms. The van der Waals surface area contributed by atoms with Gasteiger partial charge in [0.05, 0.1) is 0 Å². The molecule has 150 valence electrons. The summed E-state index contributed by atoms with van der Waals surface area (Å²) in [7, 11) is 0. The number of carbonyl (C=O) groups is 2. The molecular formula is C24H30O4. The van der Waals surface area contributed by atoms with E-state index in [1.54, 1.807) is 6.92 Å². The third kappa shape index (κ3) is 6.84. The smallest absolute Gasteiger partial charge is 0.309 e. The Labute approximate surface area is 167 Å². The van der Waals surface area contributed by atoms with Crippen LogP contribution in [-0.4, -0.2) is 18.2 Å². The van der Waals surface area contributed by atoms with Gasteiger partial charge in [-0.05, 0) is 62.8 Å². The van der Waals surface area contributed by atoms with Crippen molar-refractivity contribution in [2.45, 2.75) is 66.6 Å². The van der Waals surface area contributed by atoms with Crippen molar-refractivity contribution in [1.82, 2.24) is 0 Å². The predicted molar refractivity (Wildman–Crippen MR) is 110 cm³/mol. The molecule has 0 aliphatic heterocycles. The summed E-state index contributed by atoms with van der Waals surface area (Å²) >= 11 is 0. The van der Waals surface area contributed by atoms with Crippen molar-refractivity contribution in [2.24, 2.45) is 0 Å². The number of benzene rings is 2. The van der Waals surface area contributed by atoms with Gasteiger partial charge in [0.1, 0.15) is 0 Å². The Morgan fingerprint density at radius 1 is 0.750 bits per heavy atom.